The maximum Gasteiger partial charge on any atom is 0.294 e. The third-order valence-electron chi connectivity index (χ3n) is 2.30. The average molecular weight is 219 g/mol. The molecule has 0 aliphatic heterocycles. The molecule has 0 aliphatic rings. The predicted molar refractivity (Wildman–Crippen MR) is 62.0 cm³/mol. The van der Waals surface area contributed by atoms with Crippen molar-refractivity contribution in [1.29, 1.82) is 0 Å². The number of benzene rings is 1. The number of rotatable bonds is 3. The van der Waals surface area contributed by atoms with Crippen LogP contribution in [0.25, 0.3) is 10.9 Å². The fraction of sp³-hybridized carbons (Fsp3) is 0.250. The van der Waals surface area contributed by atoms with Crippen molar-refractivity contribution in [2.45, 2.75) is 13.3 Å². The van der Waals surface area contributed by atoms with Gasteiger partial charge in [0.1, 0.15) is 0 Å². The second-order valence-electron chi connectivity index (χ2n) is 3.53. The van der Waals surface area contributed by atoms with Crippen molar-refractivity contribution in [3.05, 3.63) is 34.6 Å². The number of aromatic hydroxyl groups is 1. The molecule has 84 valence electrons. The number of H-pyrrole nitrogens is 1. The minimum atomic E-state index is -0.398. The number of ether oxygens (including phenoxy) is 1. The maximum absolute atomic E-state index is 11.6. The van der Waals surface area contributed by atoms with Crippen LogP contribution in [0.1, 0.15) is 13.3 Å². The number of aromatic nitrogens is 1. The van der Waals surface area contributed by atoms with Crippen LogP contribution in [-0.4, -0.2) is 16.7 Å². The summed E-state index contributed by atoms with van der Waals surface area (Å²) in [6.45, 7) is 2.35. The molecule has 0 spiro atoms. The molecule has 1 aromatic heterocycles. The lowest BCUT2D eigenvalue weighted by atomic mass is 10.2. The molecular formula is C12H13NO3. The van der Waals surface area contributed by atoms with Gasteiger partial charge < -0.3 is 14.8 Å². The fourth-order valence-corrected chi connectivity index (χ4v) is 1.55. The van der Waals surface area contributed by atoms with E-state index in [-0.39, 0.29) is 11.5 Å². The van der Waals surface area contributed by atoms with Crippen molar-refractivity contribution in [3.63, 3.8) is 0 Å². The highest BCUT2D eigenvalue weighted by Gasteiger charge is 2.11. The third kappa shape index (κ3) is 1.74. The lowest BCUT2D eigenvalue weighted by Gasteiger charge is -2.07. The predicted octanol–water partition coefficient (Wildman–Crippen LogP) is 2.02. The second kappa shape index (κ2) is 4.26. The summed E-state index contributed by atoms with van der Waals surface area (Å²) in [6.07, 6.45) is 0.783. The number of hydrogen-bond acceptors (Lipinski definition) is 3. The summed E-state index contributed by atoms with van der Waals surface area (Å²) in [5.74, 6) is -0.0895. The molecule has 0 saturated heterocycles. The van der Waals surface area contributed by atoms with Gasteiger partial charge in [-0.25, -0.2) is 0 Å². The molecule has 16 heavy (non-hydrogen) atoms. The SMILES string of the molecule is CCCOc1c(O)c2ccccc2[nH]c1=O. The topological polar surface area (TPSA) is 62.3 Å². The van der Waals surface area contributed by atoms with Crippen LogP contribution in [0.4, 0.5) is 0 Å². The molecule has 1 heterocycles. The normalized spacial score (nSPS) is 10.6. The van der Waals surface area contributed by atoms with E-state index in [1.54, 1.807) is 24.3 Å². The monoisotopic (exact) mass is 219 g/mol. The summed E-state index contributed by atoms with van der Waals surface area (Å²) in [5, 5.41) is 10.5. The second-order valence-corrected chi connectivity index (χ2v) is 3.53. The fourth-order valence-electron chi connectivity index (χ4n) is 1.55. The first-order valence-electron chi connectivity index (χ1n) is 5.20. The van der Waals surface area contributed by atoms with Gasteiger partial charge in [-0.05, 0) is 18.6 Å². The minimum absolute atomic E-state index is 0.000509. The van der Waals surface area contributed by atoms with E-state index in [4.69, 9.17) is 4.74 Å². The molecule has 2 N–H and O–H groups in total. The van der Waals surface area contributed by atoms with Gasteiger partial charge in [-0.15, -0.1) is 0 Å². The van der Waals surface area contributed by atoms with E-state index in [1.165, 1.54) is 0 Å². The van der Waals surface area contributed by atoms with E-state index in [1.807, 2.05) is 6.92 Å². The molecule has 2 rings (SSSR count). The first kappa shape index (κ1) is 10.5. The summed E-state index contributed by atoms with van der Waals surface area (Å²) < 4.78 is 5.23. The Hall–Kier alpha value is -1.97. The van der Waals surface area contributed by atoms with Crippen LogP contribution >= 0.6 is 0 Å². The number of aromatic amines is 1. The van der Waals surface area contributed by atoms with E-state index in [2.05, 4.69) is 4.98 Å². The van der Waals surface area contributed by atoms with Crippen molar-refractivity contribution in [1.82, 2.24) is 4.98 Å². The quantitative estimate of drug-likeness (QED) is 0.830. The minimum Gasteiger partial charge on any atom is -0.504 e. The van der Waals surface area contributed by atoms with Gasteiger partial charge in [-0.3, -0.25) is 4.79 Å². The van der Waals surface area contributed by atoms with Gasteiger partial charge in [0.15, 0.2) is 5.75 Å². The molecule has 4 nitrogen and oxygen atoms in total. The molecule has 0 saturated carbocycles. The van der Waals surface area contributed by atoms with Gasteiger partial charge >= 0.3 is 0 Å². The smallest absolute Gasteiger partial charge is 0.294 e. The van der Waals surface area contributed by atoms with Crippen LogP contribution in [0.5, 0.6) is 11.5 Å². The summed E-state index contributed by atoms with van der Waals surface area (Å²) in [4.78, 5) is 14.3. The Labute approximate surface area is 92.5 Å². The number of para-hydroxylation sites is 1. The molecule has 0 amide bonds. The van der Waals surface area contributed by atoms with Gasteiger partial charge in [0.2, 0.25) is 5.75 Å². The molecule has 0 fully saturated rings. The van der Waals surface area contributed by atoms with E-state index >= 15 is 0 Å². The summed E-state index contributed by atoms with van der Waals surface area (Å²) in [5.41, 5.74) is 0.207. The first-order valence-corrected chi connectivity index (χ1v) is 5.20. The Morgan fingerprint density at radius 2 is 2.12 bits per heavy atom. The molecule has 2 aromatic rings. The summed E-state index contributed by atoms with van der Waals surface area (Å²) in [6, 6.07) is 7.06. The highest BCUT2D eigenvalue weighted by atomic mass is 16.5. The van der Waals surface area contributed by atoms with Crippen LogP contribution in [-0.2, 0) is 0 Å². The van der Waals surface area contributed by atoms with Crippen LogP contribution in [0, 0.1) is 0 Å². The van der Waals surface area contributed by atoms with Crippen molar-refractivity contribution < 1.29 is 9.84 Å². The van der Waals surface area contributed by atoms with Gasteiger partial charge in [0.05, 0.1) is 12.1 Å². The number of pyridine rings is 1. The van der Waals surface area contributed by atoms with E-state index in [0.717, 1.165) is 6.42 Å². The van der Waals surface area contributed by atoms with Crippen molar-refractivity contribution >= 4 is 10.9 Å². The zero-order chi connectivity index (χ0) is 11.5. The molecule has 4 heteroatoms. The van der Waals surface area contributed by atoms with E-state index in [0.29, 0.717) is 17.5 Å². The zero-order valence-corrected chi connectivity index (χ0v) is 8.99. The van der Waals surface area contributed by atoms with Gasteiger partial charge in [-0.2, -0.15) is 0 Å². The highest BCUT2D eigenvalue weighted by Crippen LogP contribution is 2.29. The van der Waals surface area contributed by atoms with Crippen molar-refractivity contribution in [3.8, 4) is 11.5 Å². The molecular weight excluding hydrogens is 206 g/mol. The molecule has 0 radical (unpaired) electrons. The van der Waals surface area contributed by atoms with Crippen molar-refractivity contribution in [2.24, 2.45) is 0 Å². The van der Waals surface area contributed by atoms with Crippen LogP contribution in [0.2, 0.25) is 0 Å². The van der Waals surface area contributed by atoms with E-state index in [9.17, 15) is 9.90 Å². The van der Waals surface area contributed by atoms with E-state index < -0.39 is 5.56 Å². The first-order chi connectivity index (χ1) is 7.74. The Balaban J connectivity index is 2.61. The molecule has 0 atom stereocenters. The van der Waals surface area contributed by atoms with Crippen LogP contribution in [0.15, 0.2) is 29.1 Å². The number of nitrogens with one attached hydrogen (secondary N) is 1. The lowest BCUT2D eigenvalue weighted by molar-refractivity contribution is 0.296. The Bertz CT molecular complexity index is 560. The van der Waals surface area contributed by atoms with Crippen molar-refractivity contribution in [2.75, 3.05) is 6.61 Å². The van der Waals surface area contributed by atoms with Crippen LogP contribution in [0.3, 0.4) is 0 Å². The van der Waals surface area contributed by atoms with Gasteiger partial charge in [0, 0.05) is 5.39 Å². The average Bonchev–Trinajstić information content (AvgIpc) is 2.29. The molecule has 0 aliphatic carbocycles. The number of hydrogen-bond donors (Lipinski definition) is 2. The van der Waals surface area contributed by atoms with Crippen LogP contribution < -0.4 is 10.3 Å². The Morgan fingerprint density at radius 1 is 1.38 bits per heavy atom. The highest BCUT2D eigenvalue weighted by molar-refractivity contribution is 5.86. The molecule has 1 aromatic carbocycles. The molecule has 0 bridgehead atoms. The van der Waals surface area contributed by atoms with Gasteiger partial charge in [0.25, 0.3) is 5.56 Å². The van der Waals surface area contributed by atoms with Gasteiger partial charge in [-0.1, -0.05) is 19.1 Å². The maximum atomic E-state index is 11.6. The largest absolute Gasteiger partial charge is 0.504 e. The lowest BCUT2D eigenvalue weighted by Crippen LogP contribution is -2.11. The zero-order valence-electron chi connectivity index (χ0n) is 8.99. The summed E-state index contributed by atoms with van der Waals surface area (Å²) in [7, 11) is 0. The summed E-state index contributed by atoms with van der Waals surface area (Å²) >= 11 is 0. The number of fused-ring (bicyclic) bond motifs is 1. The molecule has 0 unspecified atom stereocenters. The standard InChI is InChI=1S/C12H13NO3/c1-2-7-16-11-10(14)8-5-3-4-6-9(8)13-12(11)15/h3-6H,2,7H2,1H3,(H2,13,14,15). The Morgan fingerprint density at radius 3 is 2.88 bits per heavy atom. The Kier molecular flexibility index (Phi) is 2.81. The third-order valence-corrected chi connectivity index (χ3v) is 2.30.